The second-order valence-corrected chi connectivity index (χ2v) is 4.55. The van der Waals surface area contributed by atoms with Crippen molar-refractivity contribution in [1.29, 1.82) is 0 Å². The van der Waals surface area contributed by atoms with E-state index in [1.807, 2.05) is 6.92 Å². The highest BCUT2D eigenvalue weighted by Gasteiger charge is 2.37. The summed E-state index contributed by atoms with van der Waals surface area (Å²) in [5, 5.41) is 0. The highest BCUT2D eigenvalue weighted by atomic mass is 16.5. The molecule has 1 fully saturated rings. The average molecular weight is 208 g/mol. The predicted octanol–water partition coefficient (Wildman–Crippen LogP) is 2.87. The average Bonchev–Trinajstić information content (AvgIpc) is 3.10. The summed E-state index contributed by atoms with van der Waals surface area (Å²) in [5.41, 5.74) is 1.03. The van der Waals surface area contributed by atoms with Crippen LogP contribution in [0.3, 0.4) is 0 Å². The van der Waals surface area contributed by atoms with Gasteiger partial charge in [0.15, 0.2) is 5.78 Å². The Kier molecular flexibility index (Phi) is 3.57. The van der Waals surface area contributed by atoms with E-state index in [4.69, 9.17) is 4.74 Å². The zero-order chi connectivity index (χ0) is 10.7. The van der Waals surface area contributed by atoms with Crippen molar-refractivity contribution in [1.82, 2.24) is 0 Å². The van der Waals surface area contributed by atoms with Gasteiger partial charge in [0.2, 0.25) is 0 Å². The van der Waals surface area contributed by atoms with Gasteiger partial charge in [0, 0.05) is 6.61 Å². The maximum absolute atomic E-state index is 12.2. The van der Waals surface area contributed by atoms with E-state index in [2.05, 4.69) is 6.08 Å². The topological polar surface area (TPSA) is 26.3 Å². The lowest BCUT2D eigenvalue weighted by molar-refractivity contribution is -0.128. The Morgan fingerprint density at radius 1 is 1.53 bits per heavy atom. The fourth-order valence-electron chi connectivity index (χ4n) is 2.25. The van der Waals surface area contributed by atoms with Crippen LogP contribution in [0.5, 0.6) is 0 Å². The largest absolute Gasteiger partial charge is 0.370 e. The van der Waals surface area contributed by atoms with E-state index >= 15 is 0 Å². The van der Waals surface area contributed by atoms with Crippen LogP contribution in [-0.2, 0) is 9.53 Å². The van der Waals surface area contributed by atoms with Gasteiger partial charge < -0.3 is 4.74 Å². The second-order valence-electron chi connectivity index (χ2n) is 4.55. The van der Waals surface area contributed by atoms with E-state index in [1.165, 1.54) is 25.7 Å². The summed E-state index contributed by atoms with van der Waals surface area (Å²) in [6, 6.07) is 0. The Bertz CT molecular complexity index is 264. The minimum absolute atomic E-state index is 0.126. The number of carbonyl (C=O) groups is 1. The fraction of sp³-hybridized carbons (Fsp3) is 0.769. The van der Waals surface area contributed by atoms with Crippen molar-refractivity contribution in [3.8, 4) is 0 Å². The summed E-state index contributed by atoms with van der Waals surface area (Å²) in [4.78, 5) is 12.2. The molecule has 1 atom stereocenters. The highest BCUT2D eigenvalue weighted by Crippen LogP contribution is 2.36. The van der Waals surface area contributed by atoms with Crippen molar-refractivity contribution in [3.63, 3.8) is 0 Å². The first-order chi connectivity index (χ1) is 7.33. The van der Waals surface area contributed by atoms with Gasteiger partial charge >= 0.3 is 0 Å². The number of Topliss-reactive ketones (excluding diaryl/α,β-unsaturated/α-hetero) is 1. The van der Waals surface area contributed by atoms with Crippen LogP contribution in [-0.4, -0.2) is 18.5 Å². The molecule has 1 unspecified atom stereocenters. The quantitative estimate of drug-likeness (QED) is 0.694. The molecule has 2 rings (SSSR count). The molecule has 0 spiro atoms. The van der Waals surface area contributed by atoms with E-state index in [-0.39, 0.29) is 11.9 Å². The Labute approximate surface area is 91.7 Å². The molecule has 0 aromatic carbocycles. The molecule has 0 bridgehead atoms. The van der Waals surface area contributed by atoms with Crippen LogP contribution in [0.25, 0.3) is 0 Å². The van der Waals surface area contributed by atoms with Gasteiger partial charge in [-0.05, 0) is 56.9 Å². The molecule has 0 N–H and O–H groups in total. The Morgan fingerprint density at radius 2 is 2.33 bits per heavy atom. The van der Waals surface area contributed by atoms with Crippen LogP contribution in [0.2, 0.25) is 0 Å². The molecule has 15 heavy (non-hydrogen) atoms. The smallest absolute Gasteiger partial charge is 0.187 e. The van der Waals surface area contributed by atoms with Crippen LogP contribution in [0.15, 0.2) is 11.6 Å². The van der Waals surface area contributed by atoms with Crippen molar-refractivity contribution in [2.75, 3.05) is 6.61 Å². The molecular formula is C13H20O2. The zero-order valence-corrected chi connectivity index (χ0v) is 9.50. The zero-order valence-electron chi connectivity index (χ0n) is 9.50. The molecular weight excluding hydrogens is 188 g/mol. The summed E-state index contributed by atoms with van der Waals surface area (Å²) < 4.78 is 5.59. The molecule has 2 heteroatoms. The second kappa shape index (κ2) is 4.93. The van der Waals surface area contributed by atoms with Gasteiger partial charge in [0.1, 0.15) is 6.10 Å². The summed E-state index contributed by atoms with van der Waals surface area (Å²) in [6.45, 7) is 2.62. The first-order valence-electron chi connectivity index (χ1n) is 6.17. The molecule has 84 valence electrons. The van der Waals surface area contributed by atoms with Crippen molar-refractivity contribution in [3.05, 3.63) is 11.6 Å². The molecule has 2 aliphatic carbocycles. The molecule has 2 aliphatic rings. The number of allylic oxidation sites excluding steroid dienone is 1. The molecule has 0 amide bonds. The number of ether oxygens (including phenoxy) is 1. The molecule has 0 aromatic heterocycles. The fourth-order valence-corrected chi connectivity index (χ4v) is 2.25. The lowest BCUT2D eigenvalue weighted by Crippen LogP contribution is -2.28. The van der Waals surface area contributed by atoms with Gasteiger partial charge in [-0.25, -0.2) is 0 Å². The third kappa shape index (κ3) is 2.69. The monoisotopic (exact) mass is 208 g/mol. The molecule has 0 heterocycles. The van der Waals surface area contributed by atoms with E-state index < -0.39 is 0 Å². The van der Waals surface area contributed by atoms with Crippen molar-refractivity contribution in [2.24, 2.45) is 5.92 Å². The minimum atomic E-state index is -0.126. The molecule has 0 radical (unpaired) electrons. The number of hydrogen-bond acceptors (Lipinski definition) is 2. The van der Waals surface area contributed by atoms with E-state index in [9.17, 15) is 4.79 Å². The van der Waals surface area contributed by atoms with Crippen LogP contribution in [0, 0.1) is 5.92 Å². The number of hydrogen-bond donors (Lipinski definition) is 0. The highest BCUT2D eigenvalue weighted by molar-refractivity contribution is 5.99. The number of carbonyl (C=O) groups excluding carboxylic acids is 1. The first-order valence-corrected chi connectivity index (χ1v) is 6.17. The lowest BCUT2D eigenvalue weighted by atomic mass is 9.92. The number of ketones is 1. The summed E-state index contributed by atoms with van der Waals surface area (Å²) in [6.07, 6.45) is 8.79. The van der Waals surface area contributed by atoms with Gasteiger partial charge in [0.05, 0.1) is 0 Å². The molecule has 0 aliphatic heterocycles. The first kappa shape index (κ1) is 10.9. The molecule has 0 saturated heterocycles. The Hall–Kier alpha value is -0.630. The molecule has 2 nitrogen and oxygen atoms in total. The molecule has 1 saturated carbocycles. The van der Waals surface area contributed by atoms with Gasteiger partial charge in [-0.1, -0.05) is 6.08 Å². The standard InChI is InChI=1S/C13H20O2/c1-2-15-13(11-8-9-11)12(14)10-6-4-3-5-7-10/h6,11,13H,2-5,7-9H2,1H3. The summed E-state index contributed by atoms with van der Waals surface area (Å²) in [7, 11) is 0. The van der Waals surface area contributed by atoms with E-state index in [0.717, 1.165) is 18.4 Å². The SMILES string of the molecule is CCOC(C(=O)C1=CCCCC1)C1CC1. The molecule has 0 aromatic rings. The van der Waals surface area contributed by atoms with Crippen LogP contribution in [0.4, 0.5) is 0 Å². The maximum Gasteiger partial charge on any atom is 0.187 e. The lowest BCUT2D eigenvalue weighted by Gasteiger charge is -2.19. The van der Waals surface area contributed by atoms with E-state index in [0.29, 0.717) is 12.5 Å². The third-order valence-electron chi connectivity index (χ3n) is 3.26. The van der Waals surface area contributed by atoms with Crippen LogP contribution in [0.1, 0.15) is 45.4 Å². The van der Waals surface area contributed by atoms with Crippen molar-refractivity contribution in [2.45, 2.75) is 51.6 Å². The predicted molar refractivity (Wildman–Crippen MR) is 59.7 cm³/mol. The Morgan fingerprint density at radius 3 is 2.87 bits per heavy atom. The maximum atomic E-state index is 12.2. The Balaban J connectivity index is 1.99. The third-order valence-corrected chi connectivity index (χ3v) is 3.26. The van der Waals surface area contributed by atoms with Crippen molar-refractivity contribution < 1.29 is 9.53 Å². The van der Waals surface area contributed by atoms with Crippen LogP contribution < -0.4 is 0 Å². The number of rotatable bonds is 5. The summed E-state index contributed by atoms with van der Waals surface area (Å²) in [5.74, 6) is 0.791. The van der Waals surface area contributed by atoms with Gasteiger partial charge in [-0.15, -0.1) is 0 Å². The van der Waals surface area contributed by atoms with Gasteiger partial charge in [-0.2, -0.15) is 0 Å². The van der Waals surface area contributed by atoms with Crippen LogP contribution >= 0.6 is 0 Å². The minimum Gasteiger partial charge on any atom is -0.370 e. The van der Waals surface area contributed by atoms with Gasteiger partial charge in [-0.3, -0.25) is 4.79 Å². The van der Waals surface area contributed by atoms with Gasteiger partial charge in [0.25, 0.3) is 0 Å². The van der Waals surface area contributed by atoms with Crippen molar-refractivity contribution >= 4 is 5.78 Å². The van der Waals surface area contributed by atoms with E-state index in [1.54, 1.807) is 0 Å². The normalized spacial score (nSPS) is 23.4. The summed E-state index contributed by atoms with van der Waals surface area (Å²) >= 11 is 0.